The summed E-state index contributed by atoms with van der Waals surface area (Å²) < 4.78 is 4.51. The molecule has 0 atom stereocenters. The monoisotopic (exact) mass is 280 g/mol. The number of carbonyl (C=O) groups is 2. The Morgan fingerprint density at radius 1 is 1.30 bits per heavy atom. The maximum atomic E-state index is 12.0. The normalized spacial score (nSPS) is 9.90. The van der Waals surface area contributed by atoms with Gasteiger partial charge in [0.2, 0.25) is 0 Å². The van der Waals surface area contributed by atoms with Crippen molar-refractivity contribution in [2.24, 2.45) is 0 Å². The van der Waals surface area contributed by atoms with Crippen molar-refractivity contribution in [1.82, 2.24) is 4.90 Å². The zero-order valence-corrected chi connectivity index (χ0v) is 11.4. The molecule has 7 heteroatoms. The van der Waals surface area contributed by atoms with Gasteiger partial charge in [0.25, 0.3) is 11.6 Å². The van der Waals surface area contributed by atoms with Crippen LogP contribution in [-0.2, 0) is 9.53 Å². The molecule has 0 aliphatic carbocycles. The molecule has 108 valence electrons. The molecule has 1 amide bonds. The van der Waals surface area contributed by atoms with E-state index in [2.05, 4.69) is 4.74 Å². The van der Waals surface area contributed by atoms with Gasteiger partial charge in [0.15, 0.2) is 0 Å². The van der Waals surface area contributed by atoms with Crippen LogP contribution >= 0.6 is 0 Å². The van der Waals surface area contributed by atoms with E-state index >= 15 is 0 Å². The maximum absolute atomic E-state index is 12.0. The van der Waals surface area contributed by atoms with E-state index in [0.29, 0.717) is 18.5 Å². The van der Waals surface area contributed by atoms with Crippen molar-refractivity contribution in [2.75, 3.05) is 20.7 Å². The number of hydrogen-bond acceptors (Lipinski definition) is 5. The number of carbonyl (C=O) groups excluding carboxylic acids is 2. The number of amides is 1. The van der Waals surface area contributed by atoms with Crippen LogP contribution in [0.15, 0.2) is 24.3 Å². The molecule has 0 aromatic heterocycles. The van der Waals surface area contributed by atoms with Gasteiger partial charge in [-0.2, -0.15) is 0 Å². The van der Waals surface area contributed by atoms with Crippen LogP contribution in [0.2, 0.25) is 0 Å². The first-order valence-corrected chi connectivity index (χ1v) is 6.02. The average Bonchev–Trinajstić information content (AvgIpc) is 2.46. The summed E-state index contributed by atoms with van der Waals surface area (Å²) in [5.41, 5.74) is 0.311. The van der Waals surface area contributed by atoms with Crippen molar-refractivity contribution in [3.8, 4) is 0 Å². The van der Waals surface area contributed by atoms with E-state index in [0.717, 1.165) is 0 Å². The van der Waals surface area contributed by atoms with E-state index in [-0.39, 0.29) is 24.0 Å². The lowest BCUT2D eigenvalue weighted by atomic mass is 10.2. The van der Waals surface area contributed by atoms with Crippen LogP contribution in [0.3, 0.4) is 0 Å². The molecule has 7 nitrogen and oxygen atoms in total. The molecule has 0 saturated heterocycles. The third-order valence-electron chi connectivity index (χ3n) is 2.77. The Labute approximate surface area is 116 Å². The lowest BCUT2D eigenvalue weighted by Gasteiger charge is -2.16. The maximum Gasteiger partial charge on any atom is 0.305 e. The van der Waals surface area contributed by atoms with Crippen LogP contribution in [0.4, 0.5) is 5.69 Å². The summed E-state index contributed by atoms with van der Waals surface area (Å²) in [6, 6.07) is 5.40. The number of esters is 1. The second-order valence-corrected chi connectivity index (χ2v) is 4.21. The summed E-state index contributed by atoms with van der Waals surface area (Å²) in [7, 11) is 2.93. The van der Waals surface area contributed by atoms with Crippen LogP contribution in [-0.4, -0.2) is 42.4 Å². The molecule has 0 bridgehead atoms. The van der Waals surface area contributed by atoms with E-state index in [1.54, 1.807) is 7.05 Å². The number of nitro benzene ring substituents is 1. The third-order valence-corrected chi connectivity index (χ3v) is 2.77. The minimum absolute atomic E-state index is 0.0603. The molecule has 1 rings (SSSR count). The summed E-state index contributed by atoms with van der Waals surface area (Å²) in [5.74, 6) is -0.564. The Morgan fingerprint density at radius 2 is 1.90 bits per heavy atom. The molecule has 1 aromatic rings. The predicted molar refractivity (Wildman–Crippen MR) is 71.3 cm³/mol. The number of methoxy groups -OCH3 is 1. The van der Waals surface area contributed by atoms with Gasteiger partial charge in [0.1, 0.15) is 0 Å². The summed E-state index contributed by atoms with van der Waals surface area (Å²) in [6.07, 6.45) is 0.746. The van der Waals surface area contributed by atoms with Crippen LogP contribution in [0, 0.1) is 10.1 Å². The number of hydrogen-bond donors (Lipinski definition) is 0. The van der Waals surface area contributed by atoms with Gasteiger partial charge in [-0.05, 0) is 18.6 Å². The van der Waals surface area contributed by atoms with Gasteiger partial charge >= 0.3 is 5.97 Å². The van der Waals surface area contributed by atoms with Crippen molar-refractivity contribution in [1.29, 1.82) is 0 Å². The number of nitrogens with zero attached hydrogens (tertiary/aromatic N) is 2. The fourth-order valence-electron chi connectivity index (χ4n) is 1.61. The standard InChI is InChI=1S/C13H16N2O5/c1-14(9-3-4-12(16)20-2)13(17)10-5-7-11(8-6-10)15(18)19/h5-8H,3-4,9H2,1-2H3. The van der Waals surface area contributed by atoms with Gasteiger partial charge in [-0.1, -0.05) is 0 Å². The van der Waals surface area contributed by atoms with E-state index in [1.165, 1.54) is 36.3 Å². The third kappa shape index (κ3) is 4.34. The van der Waals surface area contributed by atoms with E-state index < -0.39 is 4.92 Å². The van der Waals surface area contributed by atoms with Gasteiger partial charge in [-0.3, -0.25) is 19.7 Å². The Kier molecular flexibility index (Phi) is 5.64. The summed E-state index contributed by atoms with van der Waals surface area (Å²) in [6.45, 7) is 0.408. The van der Waals surface area contributed by atoms with Gasteiger partial charge < -0.3 is 9.64 Å². The van der Waals surface area contributed by atoms with E-state index in [1.807, 2.05) is 0 Å². The van der Waals surface area contributed by atoms with Crippen molar-refractivity contribution in [2.45, 2.75) is 12.8 Å². The molecule has 0 N–H and O–H groups in total. The molecule has 0 saturated carbocycles. The lowest BCUT2D eigenvalue weighted by molar-refractivity contribution is -0.384. The van der Waals surface area contributed by atoms with Crippen LogP contribution in [0.25, 0.3) is 0 Å². The second kappa shape index (κ2) is 7.22. The highest BCUT2D eigenvalue weighted by atomic mass is 16.6. The highest BCUT2D eigenvalue weighted by Crippen LogP contribution is 2.13. The van der Waals surface area contributed by atoms with Gasteiger partial charge in [0.05, 0.1) is 12.0 Å². The topological polar surface area (TPSA) is 89.8 Å². The molecular formula is C13H16N2O5. The number of nitro groups is 1. The van der Waals surface area contributed by atoms with Crippen molar-refractivity contribution in [3.05, 3.63) is 39.9 Å². The largest absolute Gasteiger partial charge is 0.469 e. The average molecular weight is 280 g/mol. The minimum Gasteiger partial charge on any atom is -0.469 e. The fraction of sp³-hybridized carbons (Fsp3) is 0.385. The lowest BCUT2D eigenvalue weighted by Crippen LogP contribution is -2.28. The first-order valence-electron chi connectivity index (χ1n) is 6.02. The molecule has 0 radical (unpaired) electrons. The fourth-order valence-corrected chi connectivity index (χ4v) is 1.61. The number of ether oxygens (including phenoxy) is 1. The number of rotatable bonds is 6. The van der Waals surface area contributed by atoms with Crippen LogP contribution in [0.5, 0.6) is 0 Å². The minimum atomic E-state index is -0.520. The zero-order valence-electron chi connectivity index (χ0n) is 11.4. The van der Waals surface area contributed by atoms with Crippen LogP contribution < -0.4 is 0 Å². The smallest absolute Gasteiger partial charge is 0.305 e. The molecule has 0 fully saturated rings. The molecule has 1 aromatic carbocycles. The van der Waals surface area contributed by atoms with E-state index in [4.69, 9.17) is 0 Å². The van der Waals surface area contributed by atoms with Gasteiger partial charge in [0, 0.05) is 37.7 Å². The highest BCUT2D eigenvalue weighted by molar-refractivity contribution is 5.94. The van der Waals surface area contributed by atoms with Crippen molar-refractivity contribution >= 4 is 17.6 Å². The van der Waals surface area contributed by atoms with E-state index in [9.17, 15) is 19.7 Å². The summed E-state index contributed by atoms with van der Waals surface area (Å²) >= 11 is 0. The summed E-state index contributed by atoms with van der Waals surface area (Å²) in [4.78, 5) is 34.4. The SMILES string of the molecule is COC(=O)CCCN(C)C(=O)c1ccc([N+](=O)[O-])cc1. The molecule has 0 spiro atoms. The molecular weight excluding hydrogens is 264 g/mol. The Morgan fingerprint density at radius 3 is 2.40 bits per heavy atom. The molecule has 0 aliphatic rings. The number of non-ortho nitro benzene ring substituents is 1. The Bertz CT molecular complexity index is 498. The Balaban J connectivity index is 2.56. The zero-order chi connectivity index (χ0) is 15.1. The molecule has 20 heavy (non-hydrogen) atoms. The quantitative estimate of drug-likeness (QED) is 0.448. The van der Waals surface area contributed by atoms with Crippen molar-refractivity contribution < 1.29 is 19.2 Å². The predicted octanol–water partition coefficient (Wildman–Crippen LogP) is 1.62. The second-order valence-electron chi connectivity index (χ2n) is 4.21. The van der Waals surface area contributed by atoms with Crippen LogP contribution in [0.1, 0.15) is 23.2 Å². The highest BCUT2D eigenvalue weighted by Gasteiger charge is 2.13. The van der Waals surface area contributed by atoms with Crippen molar-refractivity contribution in [3.63, 3.8) is 0 Å². The first kappa shape index (κ1) is 15.6. The summed E-state index contributed by atoms with van der Waals surface area (Å²) in [5, 5.41) is 10.5. The Hall–Kier alpha value is -2.44. The molecule has 0 aliphatic heterocycles. The van der Waals surface area contributed by atoms with Gasteiger partial charge in [-0.15, -0.1) is 0 Å². The molecule has 0 heterocycles. The number of benzene rings is 1. The van der Waals surface area contributed by atoms with Gasteiger partial charge in [-0.25, -0.2) is 0 Å². The molecule has 0 unspecified atom stereocenters. The first-order chi connectivity index (χ1) is 9.45.